The van der Waals surface area contributed by atoms with Crippen molar-refractivity contribution in [1.82, 2.24) is 4.90 Å². The maximum Gasteiger partial charge on any atom is 0.244 e. The lowest BCUT2D eigenvalue weighted by molar-refractivity contribution is -0.114. The molecule has 0 fully saturated rings. The molecule has 82 valence electrons. The van der Waals surface area contributed by atoms with Gasteiger partial charge < -0.3 is 5.73 Å². The Bertz CT molecular complexity index is 193. The number of amides is 1. The SMILES string of the molecule is CCCN(C/C=C(\C)C(N)=O)CCC. The minimum atomic E-state index is -0.321. The normalized spacial score (nSPS) is 12.1. The highest BCUT2D eigenvalue weighted by Gasteiger charge is 2.01. The zero-order valence-corrected chi connectivity index (χ0v) is 9.55. The molecule has 0 spiro atoms. The van der Waals surface area contributed by atoms with Gasteiger partial charge in [-0.1, -0.05) is 19.9 Å². The molecule has 0 unspecified atom stereocenters. The number of primary amides is 1. The summed E-state index contributed by atoms with van der Waals surface area (Å²) in [4.78, 5) is 13.1. The first kappa shape index (κ1) is 13.2. The van der Waals surface area contributed by atoms with Crippen molar-refractivity contribution in [2.24, 2.45) is 5.73 Å². The van der Waals surface area contributed by atoms with Gasteiger partial charge in [-0.2, -0.15) is 0 Å². The maximum absolute atomic E-state index is 10.8. The molecule has 2 N–H and O–H groups in total. The fourth-order valence-corrected chi connectivity index (χ4v) is 1.29. The van der Waals surface area contributed by atoms with Gasteiger partial charge in [-0.15, -0.1) is 0 Å². The van der Waals surface area contributed by atoms with Crippen LogP contribution in [-0.2, 0) is 4.79 Å². The summed E-state index contributed by atoms with van der Waals surface area (Å²) < 4.78 is 0. The number of carbonyl (C=O) groups is 1. The van der Waals surface area contributed by atoms with Crippen LogP contribution in [0.3, 0.4) is 0 Å². The van der Waals surface area contributed by atoms with Crippen LogP contribution in [0.25, 0.3) is 0 Å². The van der Waals surface area contributed by atoms with Crippen LogP contribution in [0.2, 0.25) is 0 Å². The summed E-state index contributed by atoms with van der Waals surface area (Å²) >= 11 is 0. The fraction of sp³-hybridized carbons (Fsp3) is 0.727. The number of nitrogens with zero attached hydrogens (tertiary/aromatic N) is 1. The van der Waals surface area contributed by atoms with Gasteiger partial charge >= 0.3 is 0 Å². The van der Waals surface area contributed by atoms with Crippen LogP contribution in [0.1, 0.15) is 33.6 Å². The average Bonchev–Trinajstić information content (AvgIpc) is 2.14. The van der Waals surface area contributed by atoms with Gasteiger partial charge in [0.25, 0.3) is 0 Å². The van der Waals surface area contributed by atoms with Crippen molar-refractivity contribution in [3.63, 3.8) is 0 Å². The lowest BCUT2D eigenvalue weighted by atomic mass is 10.2. The number of carbonyl (C=O) groups excluding carboxylic acids is 1. The average molecular weight is 198 g/mol. The predicted molar refractivity (Wildman–Crippen MR) is 60.0 cm³/mol. The molecule has 0 aliphatic heterocycles. The summed E-state index contributed by atoms with van der Waals surface area (Å²) in [6.45, 7) is 9.07. The molecule has 0 aromatic rings. The lowest BCUT2D eigenvalue weighted by Crippen LogP contribution is -2.26. The number of nitrogens with two attached hydrogens (primary N) is 1. The Hall–Kier alpha value is -0.830. The molecule has 0 aliphatic rings. The highest BCUT2D eigenvalue weighted by molar-refractivity contribution is 5.91. The third-order valence-corrected chi connectivity index (χ3v) is 2.12. The summed E-state index contributed by atoms with van der Waals surface area (Å²) in [6, 6.07) is 0. The van der Waals surface area contributed by atoms with E-state index in [9.17, 15) is 4.79 Å². The minimum absolute atomic E-state index is 0.321. The molecule has 0 saturated heterocycles. The van der Waals surface area contributed by atoms with Crippen LogP contribution in [0.4, 0.5) is 0 Å². The first-order valence-corrected chi connectivity index (χ1v) is 5.30. The van der Waals surface area contributed by atoms with Gasteiger partial charge in [0.05, 0.1) is 0 Å². The van der Waals surface area contributed by atoms with Gasteiger partial charge in [0, 0.05) is 12.1 Å². The molecule has 0 aromatic carbocycles. The van der Waals surface area contributed by atoms with Crippen LogP contribution in [0.15, 0.2) is 11.6 Å². The molecular weight excluding hydrogens is 176 g/mol. The number of rotatable bonds is 7. The molecule has 3 heteroatoms. The summed E-state index contributed by atoms with van der Waals surface area (Å²) in [5.41, 5.74) is 5.80. The molecule has 3 nitrogen and oxygen atoms in total. The van der Waals surface area contributed by atoms with E-state index in [2.05, 4.69) is 18.7 Å². The Kier molecular flexibility index (Phi) is 7.11. The third kappa shape index (κ3) is 5.75. The van der Waals surface area contributed by atoms with Crippen LogP contribution in [-0.4, -0.2) is 30.4 Å². The van der Waals surface area contributed by atoms with E-state index in [1.807, 2.05) is 6.08 Å². The Balaban J connectivity index is 4.02. The molecule has 0 radical (unpaired) electrons. The first-order chi connectivity index (χ1) is 6.61. The maximum atomic E-state index is 10.8. The molecule has 1 amide bonds. The van der Waals surface area contributed by atoms with E-state index in [1.165, 1.54) is 0 Å². The van der Waals surface area contributed by atoms with E-state index in [-0.39, 0.29) is 5.91 Å². The quantitative estimate of drug-likeness (QED) is 0.631. The minimum Gasteiger partial charge on any atom is -0.366 e. The number of hydrogen-bond donors (Lipinski definition) is 1. The van der Waals surface area contributed by atoms with Gasteiger partial charge in [-0.25, -0.2) is 0 Å². The highest BCUT2D eigenvalue weighted by Crippen LogP contribution is 1.97. The molecular formula is C11H22N2O. The summed E-state index contributed by atoms with van der Waals surface area (Å²) in [5, 5.41) is 0. The molecule has 0 heterocycles. The Morgan fingerprint density at radius 1 is 1.29 bits per heavy atom. The Morgan fingerprint density at radius 3 is 2.14 bits per heavy atom. The second kappa shape index (κ2) is 7.56. The smallest absolute Gasteiger partial charge is 0.244 e. The summed E-state index contributed by atoms with van der Waals surface area (Å²) in [5.74, 6) is -0.321. The fourth-order valence-electron chi connectivity index (χ4n) is 1.29. The third-order valence-electron chi connectivity index (χ3n) is 2.12. The van der Waals surface area contributed by atoms with Crippen molar-refractivity contribution in [2.45, 2.75) is 33.6 Å². The molecule has 0 atom stereocenters. The second-order valence-electron chi connectivity index (χ2n) is 3.55. The van der Waals surface area contributed by atoms with Crippen LogP contribution in [0, 0.1) is 0 Å². The molecule has 0 bridgehead atoms. The van der Waals surface area contributed by atoms with Gasteiger partial charge in [-0.05, 0) is 32.9 Å². The van der Waals surface area contributed by atoms with Crippen molar-refractivity contribution in [2.75, 3.05) is 19.6 Å². The van der Waals surface area contributed by atoms with Gasteiger partial charge in [-0.3, -0.25) is 9.69 Å². The van der Waals surface area contributed by atoms with Crippen LogP contribution < -0.4 is 5.73 Å². The van der Waals surface area contributed by atoms with E-state index < -0.39 is 0 Å². The summed E-state index contributed by atoms with van der Waals surface area (Å²) in [7, 11) is 0. The molecule has 0 rings (SSSR count). The summed E-state index contributed by atoms with van der Waals surface area (Å²) in [6.07, 6.45) is 4.20. The number of hydrogen-bond acceptors (Lipinski definition) is 2. The van der Waals surface area contributed by atoms with Crippen molar-refractivity contribution in [3.8, 4) is 0 Å². The monoisotopic (exact) mass is 198 g/mol. The zero-order valence-electron chi connectivity index (χ0n) is 9.55. The molecule has 14 heavy (non-hydrogen) atoms. The zero-order chi connectivity index (χ0) is 11.0. The van der Waals surface area contributed by atoms with Crippen LogP contribution in [0.5, 0.6) is 0 Å². The van der Waals surface area contributed by atoms with E-state index in [1.54, 1.807) is 6.92 Å². The Labute approximate surface area is 87.0 Å². The van der Waals surface area contributed by atoms with Gasteiger partial charge in [0.15, 0.2) is 0 Å². The van der Waals surface area contributed by atoms with Crippen molar-refractivity contribution in [1.29, 1.82) is 0 Å². The van der Waals surface area contributed by atoms with E-state index in [0.29, 0.717) is 5.57 Å². The second-order valence-corrected chi connectivity index (χ2v) is 3.55. The van der Waals surface area contributed by atoms with Crippen LogP contribution >= 0.6 is 0 Å². The molecule has 0 aromatic heterocycles. The van der Waals surface area contributed by atoms with E-state index in [4.69, 9.17) is 5.73 Å². The van der Waals surface area contributed by atoms with Gasteiger partial charge in [0.1, 0.15) is 0 Å². The standard InChI is InChI=1S/C11H22N2O/c1-4-7-13(8-5-2)9-6-10(3)11(12)14/h6H,4-5,7-9H2,1-3H3,(H2,12,14)/b10-6+. The lowest BCUT2D eigenvalue weighted by Gasteiger charge is -2.18. The Morgan fingerprint density at radius 2 is 1.79 bits per heavy atom. The van der Waals surface area contributed by atoms with Gasteiger partial charge in [0.2, 0.25) is 5.91 Å². The highest BCUT2D eigenvalue weighted by atomic mass is 16.1. The van der Waals surface area contributed by atoms with Crippen molar-refractivity contribution in [3.05, 3.63) is 11.6 Å². The molecule has 0 saturated carbocycles. The van der Waals surface area contributed by atoms with Crippen molar-refractivity contribution >= 4 is 5.91 Å². The largest absolute Gasteiger partial charge is 0.366 e. The van der Waals surface area contributed by atoms with E-state index in [0.717, 1.165) is 32.5 Å². The van der Waals surface area contributed by atoms with Crippen molar-refractivity contribution < 1.29 is 4.79 Å². The predicted octanol–water partition coefficient (Wildman–Crippen LogP) is 1.54. The topological polar surface area (TPSA) is 46.3 Å². The first-order valence-electron chi connectivity index (χ1n) is 5.30. The molecule has 0 aliphatic carbocycles. The van der Waals surface area contributed by atoms with E-state index >= 15 is 0 Å².